The molecule has 1 aliphatic heterocycles. The van der Waals surface area contributed by atoms with Gasteiger partial charge in [-0.1, -0.05) is 6.92 Å². The number of aliphatic carboxylic acids is 1. The van der Waals surface area contributed by atoms with Crippen LogP contribution in [0.5, 0.6) is 0 Å². The predicted molar refractivity (Wildman–Crippen MR) is 69.4 cm³/mol. The summed E-state index contributed by atoms with van der Waals surface area (Å²) in [5.74, 6) is 0.432. The Morgan fingerprint density at radius 1 is 1.53 bits per heavy atom. The molecule has 3 unspecified atom stereocenters. The van der Waals surface area contributed by atoms with Crippen LogP contribution in [0, 0.1) is 18.3 Å². The van der Waals surface area contributed by atoms with Crippen molar-refractivity contribution in [3.63, 3.8) is 0 Å². The van der Waals surface area contributed by atoms with Crippen molar-refractivity contribution in [1.29, 1.82) is 0 Å². The van der Waals surface area contributed by atoms with Crippen molar-refractivity contribution in [2.24, 2.45) is 5.92 Å². The minimum Gasteiger partial charge on any atom is -0.480 e. The zero-order valence-corrected chi connectivity index (χ0v) is 11.0. The van der Waals surface area contributed by atoms with Crippen molar-refractivity contribution in [1.82, 2.24) is 10.6 Å². The average molecular weight is 268 g/mol. The van der Waals surface area contributed by atoms with E-state index in [-0.39, 0.29) is 24.3 Å². The van der Waals surface area contributed by atoms with Gasteiger partial charge in [0.1, 0.15) is 6.04 Å². The Hall–Kier alpha value is -1.58. The molecule has 6 nitrogen and oxygen atoms in total. The summed E-state index contributed by atoms with van der Waals surface area (Å²) in [5, 5.41) is 14.6. The highest BCUT2D eigenvalue weighted by atomic mass is 16.5. The largest absolute Gasteiger partial charge is 0.480 e. The molecule has 3 N–H and O–H groups in total. The summed E-state index contributed by atoms with van der Waals surface area (Å²) < 4.78 is 5.28. The summed E-state index contributed by atoms with van der Waals surface area (Å²) in [6, 6.07) is -1.11. The van der Waals surface area contributed by atoms with Crippen molar-refractivity contribution in [2.75, 3.05) is 19.8 Å². The average Bonchev–Trinajstić information content (AvgIpc) is 2.83. The van der Waals surface area contributed by atoms with E-state index < -0.39 is 12.0 Å². The lowest BCUT2D eigenvalue weighted by atomic mass is 10.0. The van der Waals surface area contributed by atoms with Crippen molar-refractivity contribution in [2.45, 2.75) is 31.8 Å². The van der Waals surface area contributed by atoms with E-state index in [4.69, 9.17) is 16.3 Å². The van der Waals surface area contributed by atoms with E-state index >= 15 is 0 Å². The van der Waals surface area contributed by atoms with E-state index in [2.05, 4.69) is 16.6 Å². The number of nitrogens with one attached hydrogen (secondary N) is 2. The molecule has 3 atom stereocenters. The van der Waals surface area contributed by atoms with Gasteiger partial charge in [-0.05, 0) is 13.0 Å². The molecule has 0 saturated carbocycles. The van der Waals surface area contributed by atoms with E-state index in [1.54, 1.807) is 0 Å². The highest BCUT2D eigenvalue weighted by molar-refractivity contribution is 5.85. The minimum absolute atomic E-state index is 0.0261. The first-order chi connectivity index (χ1) is 9.10. The van der Waals surface area contributed by atoms with Crippen molar-refractivity contribution in [3.8, 4) is 12.3 Å². The van der Waals surface area contributed by atoms with Crippen molar-refractivity contribution in [3.05, 3.63) is 0 Å². The second-order valence-electron chi connectivity index (χ2n) is 4.51. The third-order valence-corrected chi connectivity index (χ3v) is 3.01. The van der Waals surface area contributed by atoms with Crippen LogP contribution in [-0.2, 0) is 14.3 Å². The minimum atomic E-state index is -1.12. The lowest BCUT2D eigenvalue weighted by Crippen LogP contribution is -2.49. The number of carbonyl (C=O) groups is 2. The summed E-state index contributed by atoms with van der Waals surface area (Å²) in [6.45, 7) is 3.59. The number of ether oxygens (including phenoxy) is 1. The standard InChI is InChI=1S/C13H20N2O4/c1-3-5-10(13(17)18)15-12(16)9-7-19-8-11(9)14-6-4-2/h1,9-11,14H,4-8H2,2H3,(H,15,16)(H,17,18). The molecule has 1 heterocycles. The summed E-state index contributed by atoms with van der Waals surface area (Å²) in [7, 11) is 0. The lowest BCUT2D eigenvalue weighted by molar-refractivity contribution is -0.142. The van der Waals surface area contributed by atoms with Crippen LogP contribution >= 0.6 is 0 Å². The molecule has 0 aromatic heterocycles. The van der Waals surface area contributed by atoms with Gasteiger partial charge in [0, 0.05) is 12.5 Å². The van der Waals surface area contributed by atoms with E-state index in [9.17, 15) is 9.59 Å². The van der Waals surface area contributed by atoms with Crippen molar-refractivity contribution < 1.29 is 19.4 Å². The number of hydrogen-bond acceptors (Lipinski definition) is 4. The summed E-state index contributed by atoms with van der Waals surface area (Å²) in [4.78, 5) is 23.0. The van der Waals surface area contributed by atoms with Crippen LogP contribution in [0.4, 0.5) is 0 Å². The molecular formula is C13H20N2O4. The number of hydrogen-bond donors (Lipinski definition) is 3. The molecule has 0 bridgehead atoms. The number of carboxylic acid groups (broad SMARTS) is 1. The maximum Gasteiger partial charge on any atom is 0.327 e. The highest BCUT2D eigenvalue weighted by Gasteiger charge is 2.35. The summed E-state index contributed by atoms with van der Waals surface area (Å²) in [5.41, 5.74) is 0. The van der Waals surface area contributed by atoms with Crippen molar-refractivity contribution >= 4 is 11.9 Å². The molecule has 0 spiro atoms. The monoisotopic (exact) mass is 268 g/mol. The second kappa shape index (κ2) is 7.77. The number of carbonyl (C=O) groups excluding carboxylic acids is 1. The van der Waals surface area contributed by atoms with Gasteiger partial charge in [-0.3, -0.25) is 4.79 Å². The molecule has 106 valence electrons. The third-order valence-electron chi connectivity index (χ3n) is 3.01. The van der Waals surface area contributed by atoms with Gasteiger partial charge in [0.2, 0.25) is 5.91 Å². The lowest BCUT2D eigenvalue weighted by Gasteiger charge is -2.20. The van der Waals surface area contributed by atoms with Crippen LogP contribution < -0.4 is 10.6 Å². The van der Waals surface area contributed by atoms with Crippen LogP contribution in [-0.4, -0.2) is 48.8 Å². The van der Waals surface area contributed by atoms with Gasteiger partial charge in [-0.2, -0.15) is 0 Å². The topological polar surface area (TPSA) is 87.7 Å². The zero-order chi connectivity index (χ0) is 14.3. The molecule has 0 radical (unpaired) electrons. The Labute approximate surface area is 112 Å². The fraction of sp³-hybridized carbons (Fsp3) is 0.692. The van der Waals surface area contributed by atoms with Crippen LogP contribution in [0.3, 0.4) is 0 Å². The molecule has 0 aliphatic carbocycles. The quantitative estimate of drug-likeness (QED) is 0.547. The number of amides is 1. The first-order valence-corrected chi connectivity index (χ1v) is 6.37. The fourth-order valence-corrected chi connectivity index (χ4v) is 1.94. The molecule has 1 fully saturated rings. The summed E-state index contributed by atoms with van der Waals surface area (Å²) in [6.07, 6.45) is 6.02. The maximum atomic E-state index is 12.0. The Bertz CT molecular complexity index is 364. The first-order valence-electron chi connectivity index (χ1n) is 6.37. The molecule has 1 saturated heterocycles. The second-order valence-corrected chi connectivity index (χ2v) is 4.51. The van der Waals surface area contributed by atoms with Crippen LogP contribution in [0.25, 0.3) is 0 Å². The third kappa shape index (κ3) is 4.54. The van der Waals surface area contributed by atoms with E-state index in [0.29, 0.717) is 13.2 Å². The van der Waals surface area contributed by atoms with Gasteiger partial charge in [0.25, 0.3) is 0 Å². The number of carboxylic acids is 1. The summed E-state index contributed by atoms with van der Waals surface area (Å²) >= 11 is 0. The van der Waals surface area contributed by atoms with Crippen LogP contribution in [0.15, 0.2) is 0 Å². The SMILES string of the molecule is C#CCC(NC(=O)C1COCC1NCCC)C(=O)O. The van der Waals surface area contributed by atoms with E-state index in [1.165, 1.54) is 0 Å². The zero-order valence-electron chi connectivity index (χ0n) is 11.0. The van der Waals surface area contributed by atoms with E-state index in [1.807, 2.05) is 6.92 Å². The smallest absolute Gasteiger partial charge is 0.327 e. The van der Waals surface area contributed by atoms with Gasteiger partial charge >= 0.3 is 5.97 Å². The van der Waals surface area contributed by atoms with E-state index in [0.717, 1.165) is 13.0 Å². The molecule has 0 aromatic rings. The number of terminal acetylenes is 1. The molecule has 1 aliphatic rings. The molecular weight excluding hydrogens is 248 g/mol. The fourth-order valence-electron chi connectivity index (χ4n) is 1.94. The Morgan fingerprint density at radius 2 is 2.26 bits per heavy atom. The molecule has 6 heteroatoms. The molecule has 19 heavy (non-hydrogen) atoms. The van der Waals surface area contributed by atoms with Gasteiger partial charge in [-0.25, -0.2) is 4.79 Å². The van der Waals surface area contributed by atoms with Gasteiger partial charge < -0.3 is 20.5 Å². The maximum absolute atomic E-state index is 12.0. The van der Waals surface area contributed by atoms with Crippen LogP contribution in [0.1, 0.15) is 19.8 Å². The molecule has 0 aromatic carbocycles. The molecule has 1 rings (SSSR count). The first kappa shape index (κ1) is 15.5. The Balaban J connectivity index is 2.55. The predicted octanol–water partition coefficient (Wildman–Crippen LogP) is -0.406. The van der Waals surface area contributed by atoms with Crippen LogP contribution in [0.2, 0.25) is 0 Å². The Morgan fingerprint density at radius 3 is 2.84 bits per heavy atom. The Kier molecular flexibility index (Phi) is 6.33. The van der Waals surface area contributed by atoms with Gasteiger partial charge in [-0.15, -0.1) is 12.3 Å². The van der Waals surface area contributed by atoms with Gasteiger partial charge in [0.15, 0.2) is 0 Å². The molecule has 1 amide bonds. The highest BCUT2D eigenvalue weighted by Crippen LogP contribution is 2.14. The van der Waals surface area contributed by atoms with Gasteiger partial charge in [0.05, 0.1) is 19.1 Å². The normalized spacial score (nSPS) is 23.6. The number of rotatable bonds is 7.